The van der Waals surface area contributed by atoms with Crippen LogP contribution in [0, 0.1) is 10.1 Å². The highest BCUT2D eigenvalue weighted by molar-refractivity contribution is 6.25. The molecule has 1 aliphatic rings. The first-order valence-electron chi connectivity index (χ1n) is 6.72. The maximum Gasteiger partial charge on any atom is 0.276 e. The maximum absolute atomic E-state index is 11.7. The van der Waals surface area contributed by atoms with Gasteiger partial charge in [-0.05, 0) is 18.2 Å². The van der Waals surface area contributed by atoms with Crippen molar-refractivity contribution in [2.45, 2.75) is 0 Å². The minimum Gasteiger partial charge on any atom is -0.507 e. The van der Waals surface area contributed by atoms with Crippen LogP contribution in [0.25, 0.3) is 6.08 Å². The summed E-state index contributed by atoms with van der Waals surface area (Å²) >= 11 is 0. The van der Waals surface area contributed by atoms with Gasteiger partial charge in [0.25, 0.3) is 11.6 Å². The third-order valence-electron chi connectivity index (χ3n) is 3.25. The Bertz CT molecular complexity index is 761. The molecule has 0 aliphatic carbocycles. The van der Waals surface area contributed by atoms with Crippen LogP contribution in [0.3, 0.4) is 0 Å². The molecule has 1 aromatic rings. The zero-order valence-electron chi connectivity index (χ0n) is 12.3. The van der Waals surface area contributed by atoms with Crippen molar-refractivity contribution < 1.29 is 19.6 Å². The molecular weight excluding hydrogens is 300 g/mol. The second kappa shape index (κ2) is 6.69. The van der Waals surface area contributed by atoms with Crippen LogP contribution < -0.4 is 0 Å². The largest absolute Gasteiger partial charge is 0.507 e. The van der Waals surface area contributed by atoms with Gasteiger partial charge < -0.3 is 10.0 Å². The van der Waals surface area contributed by atoms with Crippen molar-refractivity contribution in [2.75, 3.05) is 13.6 Å². The quantitative estimate of drug-likeness (QED) is 0.229. The Hall–Kier alpha value is -3.22. The first-order valence-corrected chi connectivity index (χ1v) is 6.72. The number of hydrogen-bond acceptors (Lipinski definition) is 5. The minimum absolute atomic E-state index is 0.0394. The summed E-state index contributed by atoms with van der Waals surface area (Å²) in [6.07, 6.45) is 5.58. The van der Waals surface area contributed by atoms with E-state index in [1.807, 2.05) is 0 Å². The summed E-state index contributed by atoms with van der Waals surface area (Å²) in [6.45, 7) is -0.0574. The van der Waals surface area contributed by atoms with Crippen LogP contribution in [0.1, 0.15) is 5.56 Å². The summed E-state index contributed by atoms with van der Waals surface area (Å²) in [4.78, 5) is 34.9. The van der Waals surface area contributed by atoms with Crippen molar-refractivity contribution in [2.24, 2.45) is 0 Å². The molecule has 1 saturated heterocycles. The van der Waals surface area contributed by atoms with E-state index in [4.69, 9.17) is 0 Å². The average molecular weight is 314 g/mol. The number of nitro groups is 1. The van der Waals surface area contributed by atoms with Crippen LogP contribution in [0.15, 0.2) is 53.8 Å². The summed E-state index contributed by atoms with van der Waals surface area (Å²) < 4.78 is 0. The summed E-state index contributed by atoms with van der Waals surface area (Å²) in [6, 6.07) is 6.20. The molecule has 0 spiro atoms. The molecule has 118 valence electrons. The summed E-state index contributed by atoms with van der Waals surface area (Å²) in [5, 5.41) is 20.7. The molecule has 1 aromatic carbocycles. The number of nitro benzene ring substituents is 1. The second-order valence-corrected chi connectivity index (χ2v) is 4.88. The Labute approximate surface area is 132 Å². The van der Waals surface area contributed by atoms with E-state index in [1.165, 1.54) is 42.3 Å². The number of benzene rings is 1. The van der Waals surface area contributed by atoms with Crippen LogP contribution in [0.4, 0.5) is 5.69 Å². The number of aliphatic hydroxyl groups is 1. The molecule has 1 N–H and O–H groups in total. The molecule has 0 bridgehead atoms. The van der Waals surface area contributed by atoms with Crippen LogP contribution in [-0.2, 0) is 9.59 Å². The van der Waals surface area contributed by atoms with E-state index in [1.54, 1.807) is 18.2 Å². The van der Waals surface area contributed by atoms with Crippen LogP contribution in [0.2, 0.25) is 0 Å². The zero-order chi connectivity index (χ0) is 17.0. The molecule has 1 amide bonds. The van der Waals surface area contributed by atoms with Crippen LogP contribution >= 0.6 is 0 Å². The SMILES string of the molecule is CN1CC(=O)\C(=C(O)/C=C/C=C/c2ccccc2[N+](=O)[O-])C1=O. The lowest BCUT2D eigenvalue weighted by atomic mass is 10.1. The van der Waals surface area contributed by atoms with Gasteiger partial charge in [-0.25, -0.2) is 0 Å². The van der Waals surface area contributed by atoms with E-state index >= 15 is 0 Å². The van der Waals surface area contributed by atoms with E-state index in [0.717, 1.165) is 0 Å². The molecule has 1 fully saturated rings. The van der Waals surface area contributed by atoms with Gasteiger partial charge in [-0.1, -0.05) is 24.3 Å². The number of para-hydroxylation sites is 1. The Morgan fingerprint density at radius 1 is 1.30 bits per heavy atom. The number of nitrogens with zero attached hydrogens (tertiary/aromatic N) is 2. The number of carbonyl (C=O) groups excluding carboxylic acids is 2. The molecule has 23 heavy (non-hydrogen) atoms. The number of ketones is 1. The lowest BCUT2D eigenvalue weighted by Gasteiger charge is -2.03. The van der Waals surface area contributed by atoms with Crippen molar-refractivity contribution in [3.8, 4) is 0 Å². The molecule has 0 radical (unpaired) electrons. The first-order chi connectivity index (χ1) is 10.9. The van der Waals surface area contributed by atoms with Crippen molar-refractivity contribution >= 4 is 23.5 Å². The number of aliphatic hydroxyl groups excluding tert-OH is 1. The third kappa shape index (κ3) is 3.52. The highest BCUT2D eigenvalue weighted by Gasteiger charge is 2.33. The highest BCUT2D eigenvalue weighted by Crippen LogP contribution is 2.19. The molecule has 0 saturated carbocycles. The summed E-state index contributed by atoms with van der Waals surface area (Å²) in [5.74, 6) is -1.39. The average Bonchev–Trinajstić information content (AvgIpc) is 2.76. The first kappa shape index (κ1) is 16.2. The lowest BCUT2D eigenvalue weighted by molar-refractivity contribution is -0.385. The van der Waals surface area contributed by atoms with Crippen molar-refractivity contribution in [1.29, 1.82) is 0 Å². The Morgan fingerprint density at radius 2 is 2.00 bits per heavy atom. The number of rotatable bonds is 4. The topological polar surface area (TPSA) is 101 Å². The Kier molecular flexibility index (Phi) is 4.70. The van der Waals surface area contributed by atoms with Crippen molar-refractivity contribution in [1.82, 2.24) is 4.90 Å². The monoisotopic (exact) mass is 314 g/mol. The van der Waals surface area contributed by atoms with Crippen molar-refractivity contribution in [3.05, 3.63) is 69.5 Å². The Morgan fingerprint density at radius 3 is 2.61 bits per heavy atom. The number of Topliss-reactive ketones (excluding diaryl/α,β-unsaturated/α-hetero) is 1. The molecule has 7 nitrogen and oxygen atoms in total. The molecule has 1 aliphatic heterocycles. The standard InChI is InChI=1S/C16H14N2O5/c1-17-10-14(20)15(16(17)21)13(19)9-5-3-7-11-6-2-4-8-12(11)18(22)23/h2-9,19H,10H2,1H3/b7-3+,9-5+,15-13-. The van der Waals surface area contributed by atoms with Gasteiger partial charge >= 0.3 is 0 Å². The van der Waals surface area contributed by atoms with Gasteiger partial charge in [0.05, 0.1) is 17.0 Å². The van der Waals surface area contributed by atoms with Gasteiger partial charge in [0, 0.05) is 13.1 Å². The molecule has 0 unspecified atom stereocenters. The van der Waals surface area contributed by atoms with E-state index in [9.17, 15) is 24.8 Å². The van der Waals surface area contributed by atoms with Gasteiger partial charge in [0.15, 0.2) is 5.78 Å². The van der Waals surface area contributed by atoms with Gasteiger partial charge in [0.2, 0.25) is 0 Å². The third-order valence-corrected chi connectivity index (χ3v) is 3.25. The van der Waals surface area contributed by atoms with Gasteiger partial charge in [-0.15, -0.1) is 0 Å². The van der Waals surface area contributed by atoms with Crippen LogP contribution in [0.5, 0.6) is 0 Å². The predicted molar refractivity (Wildman–Crippen MR) is 83.6 cm³/mol. The molecule has 0 atom stereocenters. The highest BCUT2D eigenvalue weighted by atomic mass is 16.6. The van der Waals surface area contributed by atoms with E-state index in [0.29, 0.717) is 5.56 Å². The van der Waals surface area contributed by atoms with Crippen LogP contribution in [-0.4, -0.2) is 40.2 Å². The molecule has 2 rings (SSSR count). The maximum atomic E-state index is 11.7. The lowest BCUT2D eigenvalue weighted by Crippen LogP contribution is -2.19. The molecule has 7 heteroatoms. The van der Waals surface area contributed by atoms with E-state index < -0.39 is 22.4 Å². The van der Waals surface area contributed by atoms with Crippen molar-refractivity contribution in [3.63, 3.8) is 0 Å². The number of allylic oxidation sites excluding steroid dienone is 3. The fourth-order valence-corrected chi connectivity index (χ4v) is 2.11. The number of carbonyl (C=O) groups is 2. The molecular formula is C16H14N2O5. The Balaban J connectivity index is 2.18. The number of hydrogen-bond donors (Lipinski definition) is 1. The minimum atomic E-state index is -0.528. The van der Waals surface area contributed by atoms with E-state index in [-0.39, 0.29) is 17.8 Å². The smallest absolute Gasteiger partial charge is 0.276 e. The summed E-state index contributed by atoms with van der Waals surface area (Å²) in [7, 11) is 1.47. The zero-order valence-corrected chi connectivity index (χ0v) is 12.3. The van der Waals surface area contributed by atoms with E-state index in [2.05, 4.69) is 0 Å². The van der Waals surface area contributed by atoms with Gasteiger partial charge in [-0.2, -0.15) is 0 Å². The number of amides is 1. The van der Waals surface area contributed by atoms with Gasteiger partial charge in [0.1, 0.15) is 11.3 Å². The predicted octanol–water partition coefficient (Wildman–Crippen LogP) is 2.02. The summed E-state index contributed by atoms with van der Waals surface area (Å²) in [5.41, 5.74) is 0.118. The second-order valence-electron chi connectivity index (χ2n) is 4.88. The fraction of sp³-hybridized carbons (Fsp3) is 0.125. The molecule has 1 heterocycles. The number of likely N-dealkylation sites (tertiary alicyclic amines) is 1. The normalized spacial score (nSPS) is 17.5. The molecule has 0 aromatic heterocycles. The number of likely N-dealkylation sites (N-methyl/N-ethyl adjacent to an activating group) is 1. The fourth-order valence-electron chi connectivity index (χ4n) is 2.11. The van der Waals surface area contributed by atoms with Gasteiger partial charge in [-0.3, -0.25) is 19.7 Å².